The molecule has 8 nitrogen and oxygen atoms in total. The Morgan fingerprint density at radius 1 is 1.39 bits per heavy atom. The molecule has 2 rings (SSSR count). The largest absolute Gasteiger partial charge is 0.447 e. The highest BCUT2D eigenvalue weighted by atomic mass is 32.2. The van der Waals surface area contributed by atoms with Crippen LogP contribution in [0.3, 0.4) is 0 Å². The van der Waals surface area contributed by atoms with Gasteiger partial charge in [-0.2, -0.15) is 4.98 Å². The summed E-state index contributed by atoms with van der Waals surface area (Å²) >= 11 is 0. The quantitative estimate of drug-likeness (QED) is 0.779. The molecule has 0 radical (unpaired) electrons. The first-order valence-corrected chi connectivity index (χ1v) is 6.61. The highest BCUT2D eigenvalue weighted by Gasteiger charge is 2.13. The summed E-state index contributed by atoms with van der Waals surface area (Å²) in [4.78, 5) is 4.00. The van der Waals surface area contributed by atoms with Gasteiger partial charge in [-0.3, -0.25) is 0 Å². The maximum atomic E-state index is 11.0. The van der Waals surface area contributed by atoms with E-state index in [0.717, 1.165) is 0 Å². The van der Waals surface area contributed by atoms with Crippen molar-refractivity contribution in [2.45, 2.75) is 25.1 Å². The predicted octanol–water partition coefficient (Wildman–Crippen LogP) is -0.0918. The lowest BCUT2D eigenvalue weighted by molar-refractivity contribution is 0.381. The van der Waals surface area contributed by atoms with E-state index >= 15 is 0 Å². The number of primary sulfonamides is 1. The van der Waals surface area contributed by atoms with Gasteiger partial charge in [0.15, 0.2) is 5.82 Å². The molecule has 0 unspecified atom stereocenters. The third-order valence-electron chi connectivity index (χ3n) is 2.07. The van der Waals surface area contributed by atoms with Gasteiger partial charge in [-0.25, -0.2) is 13.6 Å². The number of hydrogen-bond acceptors (Lipinski definition) is 7. The fraction of sp³-hybridized carbons (Fsp3) is 0.333. The zero-order chi connectivity index (χ0) is 13.2. The van der Waals surface area contributed by atoms with Gasteiger partial charge in [-0.1, -0.05) is 5.16 Å². The van der Waals surface area contributed by atoms with Crippen molar-refractivity contribution < 1.29 is 17.4 Å². The number of nitrogens with zero attached hydrogens (tertiary/aromatic N) is 2. The molecule has 0 fully saturated rings. The minimum absolute atomic E-state index is 0.255. The molecule has 0 saturated carbocycles. The molecule has 0 aromatic carbocycles. The molecule has 0 aliphatic rings. The maximum absolute atomic E-state index is 11.0. The fourth-order valence-electron chi connectivity index (χ4n) is 1.32. The van der Waals surface area contributed by atoms with E-state index in [1.54, 1.807) is 6.92 Å². The summed E-state index contributed by atoms with van der Waals surface area (Å²) in [6, 6.07) is 2.85. The molecule has 0 bridgehead atoms. The van der Waals surface area contributed by atoms with Crippen molar-refractivity contribution in [3.05, 3.63) is 29.6 Å². The van der Waals surface area contributed by atoms with Crippen LogP contribution in [-0.2, 0) is 23.1 Å². The fourth-order valence-corrected chi connectivity index (χ4v) is 1.80. The highest BCUT2D eigenvalue weighted by Crippen LogP contribution is 2.11. The molecule has 2 heterocycles. The number of nitrogens with two attached hydrogens (primary N) is 1. The topological polar surface area (TPSA) is 124 Å². The van der Waals surface area contributed by atoms with Crippen molar-refractivity contribution in [3.8, 4) is 0 Å². The molecule has 0 spiro atoms. The first-order chi connectivity index (χ1) is 8.45. The lowest BCUT2D eigenvalue weighted by atomic mass is 10.4. The molecule has 3 N–H and O–H groups in total. The van der Waals surface area contributed by atoms with Crippen molar-refractivity contribution in [2.24, 2.45) is 5.14 Å². The van der Waals surface area contributed by atoms with Crippen LogP contribution >= 0.6 is 0 Å². The van der Waals surface area contributed by atoms with Gasteiger partial charge in [-0.15, -0.1) is 0 Å². The highest BCUT2D eigenvalue weighted by molar-refractivity contribution is 7.89. The number of nitrogens with one attached hydrogen (secondary N) is 1. The number of aryl methyl sites for hydroxylation is 1. The van der Waals surface area contributed by atoms with Gasteiger partial charge < -0.3 is 14.3 Å². The van der Waals surface area contributed by atoms with Gasteiger partial charge in [-0.05, 0) is 12.1 Å². The first-order valence-electron chi connectivity index (χ1n) is 5.06. The van der Waals surface area contributed by atoms with Gasteiger partial charge in [0.1, 0.15) is 5.76 Å². The molecular formula is C9H12N4O4S. The molecule has 2 aromatic rings. The first kappa shape index (κ1) is 12.7. The van der Waals surface area contributed by atoms with Crippen molar-refractivity contribution in [1.82, 2.24) is 15.5 Å². The van der Waals surface area contributed by atoms with Crippen LogP contribution in [0, 0.1) is 6.92 Å². The van der Waals surface area contributed by atoms with Gasteiger partial charge in [0.2, 0.25) is 11.0 Å². The molecule has 0 aliphatic heterocycles. The van der Waals surface area contributed by atoms with E-state index in [0.29, 0.717) is 30.6 Å². The summed E-state index contributed by atoms with van der Waals surface area (Å²) in [5.74, 6) is 1.46. The van der Waals surface area contributed by atoms with E-state index in [4.69, 9.17) is 14.1 Å². The summed E-state index contributed by atoms with van der Waals surface area (Å²) in [5, 5.41) is 11.3. The Morgan fingerprint density at radius 3 is 2.72 bits per heavy atom. The molecule has 0 aliphatic carbocycles. The van der Waals surface area contributed by atoms with E-state index in [9.17, 15) is 8.42 Å². The van der Waals surface area contributed by atoms with Crippen LogP contribution in [0.1, 0.15) is 17.5 Å². The SMILES string of the molecule is Cc1nc(CNCc2ccc(S(N)(=O)=O)o2)no1. The van der Waals surface area contributed by atoms with Crippen LogP contribution < -0.4 is 10.5 Å². The third-order valence-corrected chi connectivity index (χ3v) is 2.85. The van der Waals surface area contributed by atoms with E-state index in [2.05, 4.69) is 15.5 Å². The predicted molar refractivity (Wildman–Crippen MR) is 59.7 cm³/mol. The summed E-state index contributed by atoms with van der Waals surface area (Å²) in [7, 11) is -3.79. The standard InChI is InChI=1S/C9H12N4O4S/c1-6-12-8(13-17-6)5-11-4-7-2-3-9(16-7)18(10,14)15/h2-3,11H,4-5H2,1H3,(H2,10,14,15). The minimum atomic E-state index is -3.79. The Kier molecular flexibility index (Phi) is 3.45. The lowest BCUT2D eigenvalue weighted by Crippen LogP contribution is -2.13. The van der Waals surface area contributed by atoms with E-state index in [1.165, 1.54) is 12.1 Å². The molecule has 18 heavy (non-hydrogen) atoms. The van der Waals surface area contributed by atoms with Gasteiger partial charge >= 0.3 is 0 Å². The zero-order valence-corrected chi connectivity index (χ0v) is 10.4. The number of furan rings is 1. The van der Waals surface area contributed by atoms with Crippen molar-refractivity contribution in [1.29, 1.82) is 0 Å². The monoisotopic (exact) mass is 272 g/mol. The second-order valence-electron chi connectivity index (χ2n) is 3.60. The van der Waals surface area contributed by atoms with Crippen LogP contribution in [0.5, 0.6) is 0 Å². The molecule has 9 heteroatoms. The second-order valence-corrected chi connectivity index (χ2v) is 5.09. The number of aromatic nitrogens is 2. The smallest absolute Gasteiger partial charge is 0.271 e. The van der Waals surface area contributed by atoms with Crippen molar-refractivity contribution in [2.75, 3.05) is 0 Å². The molecule has 0 saturated heterocycles. The Morgan fingerprint density at radius 2 is 2.17 bits per heavy atom. The zero-order valence-electron chi connectivity index (χ0n) is 9.58. The Labute approximate surface area is 103 Å². The normalized spacial score (nSPS) is 11.9. The summed E-state index contributed by atoms with van der Waals surface area (Å²) < 4.78 is 31.8. The van der Waals surface area contributed by atoms with Crippen LogP contribution in [-0.4, -0.2) is 18.6 Å². The molecule has 0 atom stereocenters. The molecule has 2 aromatic heterocycles. The van der Waals surface area contributed by atoms with E-state index in [1.807, 2.05) is 0 Å². The number of rotatable bonds is 5. The van der Waals surface area contributed by atoms with Gasteiger partial charge in [0.05, 0.1) is 13.1 Å². The third kappa shape index (κ3) is 3.15. The van der Waals surface area contributed by atoms with Gasteiger partial charge in [0, 0.05) is 6.92 Å². The Bertz CT molecular complexity index is 631. The minimum Gasteiger partial charge on any atom is -0.447 e. The van der Waals surface area contributed by atoms with Crippen LogP contribution in [0.4, 0.5) is 0 Å². The maximum Gasteiger partial charge on any atom is 0.271 e. The molecular weight excluding hydrogens is 260 g/mol. The van der Waals surface area contributed by atoms with Crippen LogP contribution in [0.15, 0.2) is 26.2 Å². The number of hydrogen-bond donors (Lipinski definition) is 2. The second kappa shape index (κ2) is 4.88. The van der Waals surface area contributed by atoms with Crippen LogP contribution in [0.2, 0.25) is 0 Å². The Hall–Kier alpha value is -1.71. The van der Waals surface area contributed by atoms with Crippen LogP contribution in [0.25, 0.3) is 0 Å². The summed E-state index contributed by atoms with van der Waals surface area (Å²) in [5.41, 5.74) is 0. The van der Waals surface area contributed by atoms with Crippen molar-refractivity contribution >= 4 is 10.0 Å². The average molecular weight is 272 g/mol. The van der Waals surface area contributed by atoms with E-state index in [-0.39, 0.29) is 5.09 Å². The van der Waals surface area contributed by atoms with Gasteiger partial charge in [0.25, 0.3) is 10.0 Å². The average Bonchev–Trinajstić information content (AvgIpc) is 2.87. The Balaban J connectivity index is 1.89. The molecule has 0 amide bonds. The van der Waals surface area contributed by atoms with E-state index < -0.39 is 10.0 Å². The summed E-state index contributed by atoms with van der Waals surface area (Å²) in [6.07, 6.45) is 0. The number of sulfonamides is 1. The van der Waals surface area contributed by atoms with Crippen molar-refractivity contribution in [3.63, 3.8) is 0 Å². The molecule has 98 valence electrons. The summed E-state index contributed by atoms with van der Waals surface area (Å²) in [6.45, 7) is 2.42. The lowest BCUT2D eigenvalue weighted by Gasteiger charge is -1.98.